The van der Waals surface area contributed by atoms with Crippen molar-refractivity contribution < 1.29 is 20.1 Å². The first kappa shape index (κ1) is 20.9. The maximum atomic E-state index is 10.5. The number of aliphatic carboxylic acids is 1. The fourth-order valence-electron chi connectivity index (χ4n) is 3.54. The minimum Gasteiger partial charge on any atom is -0.481 e. The van der Waals surface area contributed by atoms with Gasteiger partial charge in [0.05, 0.1) is 0 Å². The summed E-state index contributed by atoms with van der Waals surface area (Å²) < 4.78 is 0. The van der Waals surface area contributed by atoms with Gasteiger partial charge in [0.2, 0.25) is 0 Å². The monoisotopic (exact) mass is 338 g/mol. The molecule has 0 aromatic rings. The van der Waals surface area contributed by atoms with Crippen LogP contribution in [0.25, 0.3) is 0 Å². The topological polar surface area (TPSA) is 77.8 Å². The molecule has 1 aliphatic carbocycles. The molecule has 0 aromatic carbocycles. The van der Waals surface area contributed by atoms with Crippen molar-refractivity contribution >= 4 is 5.97 Å². The fraction of sp³-hybridized carbons (Fsp3) is 0.750. The van der Waals surface area contributed by atoms with Crippen molar-refractivity contribution in [3.8, 4) is 0 Å². The molecule has 0 bridgehead atoms. The van der Waals surface area contributed by atoms with Crippen molar-refractivity contribution in [2.75, 3.05) is 0 Å². The van der Waals surface area contributed by atoms with Crippen LogP contribution in [0.3, 0.4) is 0 Å². The Morgan fingerprint density at radius 2 is 1.96 bits per heavy atom. The molecule has 1 unspecified atom stereocenters. The minimum atomic E-state index is -1.31. The van der Waals surface area contributed by atoms with Crippen molar-refractivity contribution in [3.63, 3.8) is 0 Å². The highest BCUT2D eigenvalue weighted by Crippen LogP contribution is 2.36. The smallest absolute Gasteiger partial charge is 0.303 e. The molecule has 3 N–H and O–H groups in total. The third-order valence-corrected chi connectivity index (χ3v) is 4.98. The third kappa shape index (κ3) is 8.65. The molecule has 1 fully saturated rings. The van der Waals surface area contributed by atoms with E-state index in [1.54, 1.807) is 0 Å². The number of carbonyl (C=O) groups is 1. The van der Waals surface area contributed by atoms with Crippen molar-refractivity contribution in [1.29, 1.82) is 0 Å². The molecule has 0 aliphatic heterocycles. The molecule has 24 heavy (non-hydrogen) atoms. The average Bonchev–Trinajstić information content (AvgIpc) is 2.97. The van der Waals surface area contributed by atoms with E-state index in [9.17, 15) is 15.0 Å². The molecule has 3 atom stereocenters. The molecule has 1 rings (SSSR count). The Morgan fingerprint density at radius 1 is 1.17 bits per heavy atom. The van der Waals surface area contributed by atoms with Gasteiger partial charge in [0.15, 0.2) is 6.29 Å². The van der Waals surface area contributed by atoms with Gasteiger partial charge in [0.1, 0.15) is 0 Å². The van der Waals surface area contributed by atoms with Gasteiger partial charge in [0, 0.05) is 12.3 Å². The number of hydrogen-bond acceptors (Lipinski definition) is 3. The summed E-state index contributed by atoms with van der Waals surface area (Å²) >= 11 is 0. The van der Waals surface area contributed by atoms with Gasteiger partial charge in [-0.2, -0.15) is 0 Å². The van der Waals surface area contributed by atoms with E-state index in [0.717, 1.165) is 32.1 Å². The summed E-state index contributed by atoms with van der Waals surface area (Å²) in [5.41, 5.74) is 0. The van der Waals surface area contributed by atoms with Crippen LogP contribution in [0, 0.1) is 17.8 Å². The molecule has 0 amide bonds. The molecular weight excluding hydrogens is 304 g/mol. The van der Waals surface area contributed by atoms with Crippen LogP contribution >= 0.6 is 0 Å². The molecule has 0 spiro atoms. The van der Waals surface area contributed by atoms with Gasteiger partial charge in [-0.25, -0.2) is 0 Å². The SMILES string of the molecule is CCC=CCC(C=C[C@H]1CCC[C@@H]1CCCCCC(=O)O)C(O)O. The maximum Gasteiger partial charge on any atom is 0.303 e. The molecule has 0 radical (unpaired) electrons. The summed E-state index contributed by atoms with van der Waals surface area (Å²) in [7, 11) is 0. The van der Waals surface area contributed by atoms with E-state index in [-0.39, 0.29) is 12.3 Å². The molecule has 4 heteroatoms. The van der Waals surface area contributed by atoms with Gasteiger partial charge in [0.25, 0.3) is 0 Å². The molecule has 4 nitrogen and oxygen atoms in total. The normalized spacial score (nSPS) is 22.8. The van der Waals surface area contributed by atoms with Gasteiger partial charge < -0.3 is 15.3 Å². The van der Waals surface area contributed by atoms with E-state index in [1.165, 1.54) is 19.3 Å². The van der Waals surface area contributed by atoms with E-state index < -0.39 is 12.3 Å². The predicted octanol–water partition coefficient (Wildman–Crippen LogP) is 4.28. The maximum absolute atomic E-state index is 10.5. The first-order chi connectivity index (χ1) is 11.5. The molecule has 1 saturated carbocycles. The van der Waals surface area contributed by atoms with Crippen molar-refractivity contribution in [2.24, 2.45) is 17.8 Å². The quantitative estimate of drug-likeness (QED) is 0.282. The second kappa shape index (κ2) is 12.3. The molecular formula is C20H34O4. The van der Waals surface area contributed by atoms with Gasteiger partial charge in [-0.15, -0.1) is 0 Å². The van der Waals surface area contributed by atoms with Gasteiger partial charge in [-0.05, 0) is 50.4 Å². The van der Waals surface area contributed by atoms with E-state index in [4.69, 9.17) is 5.11 Å². The van der Waals surface area contributed by atoms with Crippen LogP contribution in [0.1, 0.15) is 71.1 Å². The van der Waals surface area contributed by atoms with Crippen LogP contribution in [0.2, 0.25) is 0 Å². The first-order valence-electron chi connectivity index (χ1n) is 9.45. The second-order valence-corrected chi connectivity index (χ2v) is 6.93. The lowest BCUT2D eigenvalue weighted by atomic mass is 9.89. The molecule has 0 saturated heterocycles. The predicted molar refractivity (Wildman–Crippen MR) is 96.5 cm³/mol. The van der Waals surface area contributed by atoms with Crippen molar-refractivity contribution in [1.82, 2.24) is 0 Å². The van der Waals surface area contributed by atoms with E-state index in [0.29, 0.717) is 18.3 Å². The number of hydrogen-bond donors (Lipinski definition) is 3. The Kier molecular flexibility index (Phi) is 10.7. The lowest BCUT2D eigenvalue weighted by Crippen LogP contribution is -2.17. The lowest BCUT2D eigenvalue weighted by Gasteiger charge is -2.18. The summed E-state index contributed by atoms with van der Waals surface area (Å²) in [6, 6.07) is 0. The Bertz CT molecular complexity index is 400. The number of aliphatic hydroxyl groups is 2. The summed E-state index contributed by atoms with van der Waals surface area (Å²) in [5.74, 6) is 0.252. The van der Waals surface area contributed by atoms with Gasteiger partial charge in [-0.1, -0.05) is 50.5 Å². The Morgan fingerprint density at radius 3 is 2.62 bits per heavy atom. The van der Waals surface area contributed by atoms with Crippen molar-refractivity contribution in [2.45, 2.75) is 77.4 Å². The zero-order valence-electron chi connectivity index (χ0n) is 14.9. The number of allylic oxidation sites excluding steroid dienone is 3. The number of rotatable bonds is 12. The average molecular weight is 338 g/mol. The highest BCUT2D eigenvalue weighted by molar-refractivity contribution is 5.66. The molecule has 0 heterocycles. The van der Waals surface area contributed by atoms with Crippen LogP contribution < -0.4 is 0 Å². The van der Waals surface area contributed by atoms with E-state index in [1.807, 2.05) is 12.2 Å². The van der Waals surface area contributed by atoms with Gasteiger partial charge >= 0.3 is 5.97 Å². The lowest BCUT2D eigenvalue weighted by molar-refractivity contribution is -0.137. The number of carboxylic acids is 1. The Balaban J connectivity index is 2.39. The molecule has 138 valence electrons. The summed E-state index contributed by atoms with van der Waals surface area (Å²) in [6.07, 6.45) is 16.5. The summed E-state index contributed by atoms with van der Waals surface area (Å²) in [4.78, 5) is 10.5. The zero-order chi connectivity index (χ0) is 17.8. The number of carboxylic acid groups (broad SMARTS) is 1. The van der Waals surface area contributed by atoms with Crippen LogP contribution in [-0.4, -0.2) is 27.6 Å². The largest absolute Gasteiger partial charge is 0.481 e. The number of unbranched alkanes of at least 4 members (excludes halogenated alkanes) is 2. The molecule has 0 aromatic heterocycles. The standard InChI is InChI=1S/C20H34O4/c1-2-3-5-10-18(20(23)24)15-14-17-12-8-11-16(17)9-6-4-7-13-19(21)22/h3,5,14-18,20,23-24H,2,4,6-13H2,1H3,(H,21,22)/t16-,17+,18?/m0/s1. The summed E-state index contributed by atoms with van der Waals surface area (Å²) in [6.45, 7) is 2.07. The summed E-state index contributed by atoms with van der Waals surface area (Å²) in [5, 5.41) is 27.7. The second-order valence-electron chi connectivity index (χ2n) is 6.93. The third-order valence-electron chi connectivity index (χ3n) is 4.98. The highest BCUT2D eigenvalue weighted by Gasteiger charge is 2.25. The highest BCUT2D eigenvalue weighted by atomic mass is 16.5. The Hall–Kier alpha value is -1.13. The van der Waals surface area contributed by atoms with Crippen LogP contribution in [0.5, 0.6) is 0 Å². The van der Waals surface area contributed by atoms with E-state index >= 15 is 0 Å². The number of aliphatic hydroxyl groups excluding tert-OH is 1. The Labute approximate surface area is 146 Å². The van der Waals surface area contributed by atoms with Crippen LogP contribution in [0.4, 0.5) is 0 Å². The van der Waals surface area contributed by atoms with Gasteiger partial charge in [-0.3, -0.25) is 4.79 Å². The van der Waals surface area contributed by atoms with Crippen LogP contribution in [0.15, 0.2) is 24.3 Å². The fourth-order valence-corrected chi connectivity index (χ4v) is 3.54. The molecule has 1 aliphatic rings. The van der Waals surface area contributed by atoms with Crippen molar-refractivity contribution in [3.05, 3.63) is 24.3 Å². The minimum absolute atomic E-state index is 0.232. The van der Waals surface area contributed by atoms with Crippen LogP contribution in [-0.2, 0) is 4.79 Å². The van der Waals surface area contributed by atoms with E-state index in [2.05, 4.69) is 19.1 Å². The first-order valence-corrected chi connectivity index (χ1v) is 9.45. The zero-order valence-corrected chi connectivity index (χ0v) is 14.9.